The Balaban J connectivity index is 0.000000186. The summed E-state index contributed by atoms with van der Waals surface area (Å²) < 4.78 is 7.77. The van der Waals surface area contributed by atoms with Gasteiger partial charge in [0.05, 0.1) is 12.4 Å². The maximum absolute atomic E-state index is 10.3. The van der Waals surface area contributed by atoms with Gasteiger partial charge in [-0.2, -0.15) is 10.2 Å². The number of hydrogen-bond acceptors (Lipinski definition) is 5. The SMILES string of the molecule is CCn1ncc(C(O)c2ccncc2I)c1Br.CCn1ncc(Cc2ccncc2I)c1Br. The highest BCUT2D eigenvalue weighted by molar-refractivity contribution is 14.1. The first-order valence-electron chi connectivity index (χ1n) is 10.1. The minimum atomic E-state index is -0.681. The largest absolute Gasteiger partial charge is 0.383 e. The van der Waals surface area contributed by atoms with E-state index in [1.54, 1.807) is 23.3 Å². The minimum absolute atomic E-state index is 0.681. The third-order valence-corrected chi connectivity index (χ3v) is 8.53. The van der Waals surface area contributed by atoms with Gasteiger partial charge in [-0.25, -0.2) is 0 Å². The first-order valence-corrected chi connectivity index (χ1v) is 13.9. The second-order valence-corrected chi connectivity index (χ2v) is 10.8. The Kier molecular flexibility index (Phi) is 10.3. The van der Waals surface area contributed by atoms with Crippen LogP contribution in [0.2, 0.25) is 0 Å². The van der Waals surface area contributed by atoms with E-state index >= 15 is 0 Å². The number of rotatable bonds is 6. The standard InChI is InChI=1S/C11H11BrIN3O.C11H11BrIN3/c1-2-16-11(12)8(5-15-16)10(17)7-3-4-14-6-9(7)13;1-2-16-11(12)9(6-15-16)5-8-3-4-14-7-10(8)13/h3-6,10,17H,2H2,1H3;3-4,6-7H,2,5H2,1H3. The molecule has 4 aromatic heterocycles. The van der Waals surface area contributed by atoms with Gasteiger partial charge in [-0.3, -0.25) is 19.3 Å². The second kappa shape index (κ2) is 12.7. The van der Waals surface area contributed by atoms with Gasteiger partial charge in [0.15, 0.2) is 0 Å². The molecule has 0 aliphatic heterocycles. The van der Waals surface area contributed by atoms with Crippen LogP contribution in [-0.4, -0.2) is 34.6 Å². The second-order valence-electron chi connectivity index (χ2n) is 6.93. The van der Waals surface area contributed by atoms with Crippen molar-refractivity contribution in [2.45, 2.75) is 39.5 Å². The molecule has 11 heteroatoms. The van der Waals surface area contributed by atoms with Crippen LogP contribution in [-0.2, 0) is 19.5 Å². The molecule has 0 radical (unpaired) electrons. The van der Waals surface area contributed by atoms with E-state index in [1.165, 1.54) is 14.7 Å². The van der Waals surface area contributed by atoms with Crippen LogP contribution < -0.4 is 0 Å². The van der Waals surface area contributed by atoms with Gasteiger partial charge in [0.25, 0.3) is 0 Å². The number of hydrogen-bond donors (Lipinski definition) is 1. The molecular weight excluding hydrogens is 778 g/mol. The first-order chi connectivity index (χ1) is 15.9. The van der Waals surface area contributed by atoms with E-state index in [2.05, 4.69) is 110 Å². The summed E-state index contributed by atoms with van der Waals surface area (Å²) in [5.74, 6) is 0. The lowest BCUT2D eigenvalue weighted by Gasteiger charge is -2.11. The summed E-state index contributed by atoms with van der Waals surface area (Å²) in [7, 11) is 0. The van der Waals surface area contributed by atoms with Crippen molar-refractivity contribution in [3.05, 3.63) is 87.9 Å². The fourth-order valence-electron chi connectivity index (χ4n) is 3.06. The van der Waals surface area contributed by atoms with Crippen molar-refractivity contribution >= 4 is 77.0 Å². The van der Waals surface area contributed by atoms with Crippen LogP contribution in [0.15, 0.2) is 58.5 Å². The number of pyridine rings is 2. The van der Waals surface area contributed by atoms with Gasteiger partial charge in [-0.15, -0.1) is 0 Å². The lowest BCUT2D eigenvalue weighted by Crippen LogP contribution is -2.03. The third-order valence-electron chi connectivity index (χ3n) is 4.87. The molecule has 0 spiro atoms. The molecular formula is C22H22Br2I2N6O. The first kappa shape index (κ1) is 26.7. The highest BCUT2D eigenvalue weighted by Gasteiger charge is 2.19. The third kappa shape index (κ3) is 6.61. The van der Waals surface area contributed by atoms with Crippen molar-refractivity contribution in [1.82, 2.24) is 29.5 Å². The predicted octanol–water partition coefficient (Wildman–Crippen LogP) is 6.00. The zero-order valence-electron chi connectivity index (χ0n) is 18.0. The molecule has 4 heterocycles. The molecule has 4 aromatic rings. The van der Waals surface area contributed by atoms with Crippen molar-refractivity contribution in [3.63, 3.8) is 0 Å². The lowest BCUT2D eigenvalue weighted by molar-refractivity contribution is 0.218. The number of aryl methyl sites for hydroxylation is 2. The van der Waals surface area contributed by atoms with E-state index in [-0.39, 0.29) is 0 Å². The van der Waals surface area contributed by atoms with Crippen molar-refractivity contribution in [3.8, 4) is 0 Å². The molecule has 1 N–H and O–H groups in total. The zero-order valence-corrected chi connectivity index (χ0v) is 25.4. The smallest absolute Gasteiger partial charge is 0.110 e. The van der Waals surface area contributed by atoms with E-state index in [0.717, 1.165) is 43.4 Å². The van der Waals surface area contributed by atoms with Crippen LogP contribution >= 0.6 is 77.0 Å². The van der Waals surface area contributed by atoms with Crippen molar-refractivity contribution in [2.75, 3.05) is 0 Å². The molecule has 0 saturated heterocycles. The van der Waals surface area contributed by atoms with E-state index in [1.807, 2.05) is 36.3 Å². The summed E-state index contributed by atoms with van der Waals surface area (Å²) in [6.45, 7) is 5.73. The topological polar surface area (TPSA) is 81.6 Å². The van der Waals surface area contributed by atoms with Crippen LogP contribution in [0.4, 0.5) is 0 Å². The van der Waals surface area contributed by atoms with Gasteiger partial charge in [0, 0.05) is 68.1 Å². The van der Waals surface area contributed by atoms with Crippen LogP contribution in [0.3, 0.4) is 0 Å². The molecule has 0 aliphatic carbocycles. The average Bonchev–Trinajstić information content (AvgIpc) is 3.37. The summed E-state index contributed by atoms with van der Waals surface area (Å²) in [6, 6.07) is 3.87. The number of aliphatic hydroxyl groups excluding tert-OH is 1. The number of aliphatic hydroxyl groups is 1. The Bertz CT molecular complexity index is 1210. The predicted molar refractivity (Wildman–Crippen MR) is 152 cm³/mol. The molecule has 0 fully saturated rings. The zero-order chi connectivity index (χ0) is 24.0. The van der Waals surface area contributed by atoms with Crippen molar-refractivity contribution in [1.29, 1.82) is 0 Å². The fraction of sp³-hybridized carbons (Fsp3) is 0.273. The quantitative estimate of drug-likeness (QED) is 0.242. The molecule has 1 atom stereocenters. The lowest BCUT2D eigenvalue weighted by atomic mass is 10.1. The monoisotopic (exact) mass is 798 g/mol. The van der Waals surface area contributed by atoms with Gasteiger partial charge in [0.2, 0.25) is 0 Å². The summed E-state index contributed by atoms with van der Waals surface area (Å²) in [5.41, 5.74) is 4.12. The van der Waals surface area contributed by atoms with E-state index in [4.69, 9.17) is 0 Å². The molecule has 0 bridgehead atoms. The van der Waals surface area contributed by atoms with Gasteiger partial charge in [-0.05, 0) is 109 Å². The van der Waals surface area contributed by atoms with E-state index in [0.29, 0.717) is 0 Å². The normalized spacial score (nSPS) is 11.7. The Morgan fingerprint density at radius 3 is 2.00 bits per heavy atom. The summed E-state index contributed by atoms with van der Waals surface area (Å²) in [6.07, 6.45) is 10.9. The highest BCUT2D eigenvalue weighted by atomic mass is 127. The summed E-state index contributed by atoms with van der Waals surface area (Å²) >= 11 is 11.5. The van der Waals surface area contributed by atoms with Crippen LogP contribution in [0, 0.1) is 7.14 Å². The van der Waals surface area contributed by atoms with E-state index < -0.39 is 6.10 Å². The molecule has 0 aliphatic rings. The average molecular weight is 800 g/mol. The van der Waals surface area contributed by atoms with Crippen molar-refractivity contribution < 1.29 is 5.11 Å². The molecule has 0 saturated carbocycles. The van der Waals surface area contributed by atoms with Crippen LogP contribution in [0.25, 0.3) is 0 Å². The van der Waals surface area contributed by atoms with Crippen LogP contribution in [0.5, 0.6) is 0 Å². The van der Waals surface area contributed by atoms with Gasteiger partial charge in [0.1, 0.15) is 15.3 Å². The van der Waals surface area contributed by atoms with Crippen molar-refractivity contribution in [2.24, 2.45) is 0 Å². The van der Waals surface area contributed by atoms with Crippen LogP contribution in [0.1, 0.15) is 42.2 Å². The number of aromatic nitrogens is 6. The Hall–Kier alpha value is -0.900. The Morgan fingerprint density at radius 1 is 0.818 bits per heavy atom. The fourth-order valence-corrected chi connectivity index (χ4v) is 5.48. The number of halogens is 4. The highest BCUT2D eigenvalue weighted by Crippen LogP contribution is 2.30. The maximum Gasteiger partial charge on any atom is 0.110 e. The maximum atomic E-state index is 10.3. The van der Waals surface area contributed by atoms with E-state index in [9.17, 15) is 5.11 Å². The molecule has 174 valence electrons. The molecule has 1 unspecified atom stereocenters. The van der Waals surface area contributed by atoms with Gasteiger partial charge < -0.3 is 5.11 Å². The molecule has 0 amide bonds. The Labute approximate surface area is 237 Å². The molecule has 4 rings (SSSR count). The van der Waals surface area contributed by atoms with Gasteiger partial charge in [-0.1, -0.05) is 0 Å². The number of nitrogens with zero attached hydrogens (tertiary/aromatic N) is 6. The van der Waals surface area contributed by atoms with Gasteiger partial charge >= 0.3 is 0 Å². The minimum Gasteiger partial charge on any atom is -0.383 e. The Morgan fingerprint density at radius 2 is 1.42 bits per heavy atom. The summed E-state index contributed by atoms with van der Waals surface area (Å²) in [5, 5.41) is 18.9. The molecule has 33 heavy (non-hydrogen) atoms. The molecule has 7 nitrogen and oxygen atoms in total. The summed E-state index contributed by atoms with van der Waals surface area (Å²) in [4.78, 5) is 8.10. The molecule has 0 aromatic carbocycles.